The second-order valence-electron chi connectivity index (χ2n) is 9.21. The summed E-state index contributed by atoms with van der Waals surface area (Å²) in [6.07, 6.45) is 1.82. The first-order valence-corrected chi connectivity index (χ1v) is 11.2. The quantitative estimate of drug-likeness (QED) is 0.588. The molecule has 2 heterocycles. The summed E-state index contributed by atoms with van der Waals surface area (Å²) in [7, 11) is 0. The number of carbonyl (C=O) groups excluding carboxylic acids is 2. The van der Waals surface area contributed by atoms with Crippen molar-refractivity contribution in [3.63, 3.8) is 0 Å². The molecule has 8 heteroatoms. The molecule has 2 N–H and O–H groups in total. The Balaban J connectivity index is 1.55. The molecule has 0 radical (unpaired) electrons. The van der Waals surface area contributed by atoms with Crippen LogP contribution >= 0.6 is 0 Å². The largest absolute Gasteiger partial charge is 0.457 e. The molecule has 0 saturated carbocycles. The SMILES string of the molecule is CC(C)(C)OC(=O)N1CCC(c2ncc(C(N)=O)c(-c3ccc(Oc4ccccc4)cc3)n2)C1. The standard InChI is InChI=1S/C26H28N4O4/c1-26(2,3)34-25(32)30-14-13-18(16-30)24-28-15-21(23(27)31)22(29-24)17-9-11-20(12-10-17)33-19-7-5-4-6-8-19/h4-12,15,18H,13-14,16H2,1-3H3,(H2,27,31). The lowest BCUT2D eigenvalue weighted by atomic mass is 10.0. The maximum Gasteiger partial charge on any atom is 0.410 e. The van der Waals surface area contributed by atoms with Gasteiger partial charge >= 0.3 is 6.09 Å². The van der Waals surface area contributed by atoms with E-state index in [-0.39, 0.29) is 17.6 Å². The second-order valence-corrected chi connectivity index (χ2v) is 9.21. The van der Waals surface area contributed by atoms with Crippen molar-refractivity contribution in [2.24, 2.45) is 5.73 Å². The number of rotatable bonds is 5. The molecular weight excluding hydrogens is 432 g/mol. The van der Waals surface area contributed by atoms with Crippen molar-refractivity contribution in [3.05, 3.63) is 72.2 Å². The van der Waals surface area contributed by atoms with E-state index in [0.29, 0.717) is 36.8 Å². The van der Waals surface area contributed by atoms with Gasteiger partial charge in [0, 0.05) is 30.8 Å². The summed E-state index contributed by atoms with van der Waals surface area (Å²) in [5.41, 5.74) is 6.46. The van der Waals surface area contributed by atoms with Gasteiger partial charge in [-0.25, -0.2) is 14.8 Å². The minimum Gasteiger partial charge on any atom is -0.457 e. The number of para-hydroxylation sites is 1. The molecule has 0 aliphatic carbocycles. The van der Waals surface area contributed by atoms with E-state index in [2.05, 4.69) is 4.98 Å². The molecule has 2 aromatic carbocycles. The average Bonchev–Trinajstić information content (AvgIpc) is 3.29. The van der Waals surface area contributed by atoms with E-state index in [1.165, 1.54) is 6.20 Å². The molecule has 1 aliphatic heterocycles. The molecular formula is C26H28N4O4. The number of ether oxygens (including phenoxy) is 2. The Morgan fingerprint density at radius 2 is 1.71 bits per heavy atom. The van der Waals surface area contributed by atoms with Crippen molar-refractivity contribution in [1.29, 1.82) is 0 Å². The van der Waals surface area contributed by atoms with Gasteiger partial charge in [-0.1, -0.05) is 18.2 Å². The summed E-state index contributed by atoms with van der Waals surface area (Å²) in [4.78, 5) is 35.2. The van der Waals surface area contributed by atoms with Crippen LogP contribution in [-0.4, -0.2) is 45.6 Å². The maximum absolute atomic E-state index is 12.4. The zero-order valence-electron chi connectivity index (χ0n) is 19.5. The van der Waals surface area contributed by atoms with Gasteiger partial charge in [-0.2, -0.15) is 0 Å². The molecule has 176 valence electrons. The third-order valence-corrected chi connectivity index (χ3v) is 5.38. The van der Waals surface area contributed by atoms with Gasteiger partial charge in [0.2, 0.25) is 0 Å². The van der Waals surface area contributed by atoms with E-state index < -0.39 is 11.5 Å². The lowest BCUT2D eigenvalue weighted by molar-refractivity contribution is 0.0292. The Morgan fingerprint density at radius 1 is 1.03 bits per heavy atom. The van der Waals surface area contributed by atoms with E-state index in [9.17, 15) is 9.59 Å². The third-order valence-electron chi connectivity index (χ3n) is 5.38. The van der Waals surface area contributed by atoms with Crippen molar-refractivity contribution in [3.8, 4) is 22.8 Å². The minimum absolute atomic E-state index is 0.0612. The molecule has 1 fully saturated rings. The van der Waals surface area contributed by atoms with Crippen LogP contribution in [-0.2, 0) is 4.74 Å². The predicted octanol–water partition coefficient (Wildman–Crippen LogP) is 4.76. The van der Waals surface area contributed by atoms with Gasteiger partial charge in [0.25, 0.3) is 5.91 Å². The monoisotopic (exact) mass is 460 g/mol. The molecule has 2 amide bonds. The Labute approximate surface area is 198 Å². The van der Waals surface area contributed by atoms with Crippen LogP contribution in [0.25, 0.3) is 11.3 Å². The summed E-state index contributed by atoms with van der Waals surface area (Å²) in [5, 5.41) is 0. The van der Waals surface area contributed by atoms with Crippen LogP contribution in [0.3, 0.4) is 0 Å². The topological polar surface area (TPSA) is 108 Å². The number of benzene rings is 2. The molecule has 1 saturated heterocycles. The van der Waals surface area contributed by atoms with Crippen LogP contribution in [0.1, 0.15) is 49.3 Å². The van der Waals surface area contributed by atoms with E-state index >= 15 is 0 Å². The van der Waals surface area contributed by atoms with Crippen LogP contribution in [0.4, 0.5) is 4.79 Å². The van der Waals surface area contributed by atoms with E-state index in [0.717, 1.165) is 11.3 Å². The van der Waals surface area contributed by atoms with Gasteiger partial charge in [0.15, 0.2) is 0 Å². The van der Waals surface area contributed by atoms with Crippen molar-refractivity contribution >= 4 is 12.0 Å². The molecule has 34 heavy (non-hydrogen) atoms. The number of likely N-dealkylation sites (tertiary alicyclic amines) is 1. The summed E-state index contributed by atoms with van der Waals surface area (Å²) >= 11 is 0. The number of carbonyl (C=O) groups is 2. The number of nitrogens with zero attached hydrogens (tertiary/aromatic N) is 3. The van der Waals surface area contributed by atoms with Gasteiger partial charge < -0.3 is 20.1 Å². The number of primary amides is 1. The molecule has 0 bridgehead atoms. The van der Waals surface area contributed by atoms with Crippen LogP contribution in [0.5, 0.6) is 11.5 Å². The van der Waals surface area contributed by atoms with Crippen LogP contribution in [0.2, 0.25) is 0 Å². The van der Waals surface area contributed by atoms with Gasteiger partial charge in [-0.15, -0.1) is 0 Å². The van der Waals surface area contributed by atoms with Crippen LogP contribution < -0.4 is 10.5 Å². The molecule has 1 aliphatic rings. The molecule has 8 nitrogen and oxygen atoms in total. The van der Waals surface area contributed by atoms with Crippen molar-refractivity contribution in [1.82, 2.24) is 14.9 Å². The molecule has 1 atom stereocenters. The first-order valence-electron chi connectivity index (χ1n) is 11.2. The fourth-order valence-corrected chi connectivity index (χ4v) is 3.76. The number of nitrogens with two attached hydrogens (primary N) is 1. The molecule has 3 aromatic rings. The number of hydrogen-bond acceptors (Lipinski definition) is 6. The maximum atomic E-state index is 12.4. The normalized spacial score (nSPS) is 15.7. The highest BCUT2D eigenvalue weighted by Crippen LogP contribution is 2.30. The Morgan fingerprint density at radius 3 is 2.35 bits per heavy atom. The fraction of sp³-hybridized carbons (Fsp3) is 0.308. The van der Waals surface area contributed by atoms with E-state index in [1.807, 2.05) is 75.4 Å². The zero-order valence-corrected chi connectivity index (χ0v) is 19.5. The Kier molecular flexibility index (Phi) is 6.49. The minimum atomic E-state index is -0.604. The van der Waals surface area contributed by atoms with E-state index in [4.69, 9.17) is 20.2 Å². The summed E-state index contributed by atoms with van der Waals surface area (Å²) < 4.78 is 11.3. The van der Waals surface area contributed by atoms with Gasteiger partial charge in [0.05, 0.1) is 11.3 Å². The van der Waals surface area contributed by atoms with Crippen molar-refractivity contribution in [2.45, 2.75) is 38.7 Å². The number of hydrogen-bond donors (Lipinski definition) is 1. The molecule has 0 spiro atoms. The van der Waals surface area contributed by atoms with Crippen molar-refractivity contribution < 1.29 is 19.1 Å². The highest BCUT2D eigenvalue weighted by atomic mass is 16.6. The highest BCUT2D eigenvalue weighted by molar-refractivity contribution is 5.98. The highest BCUT2D eigenvalue weighted by Gasteiger charge is 2.32. The first kappa shape index (κ1) is 23.2. The smallest absolute Gasteiger partial charge is 0.410 e. The summed E-state index contributed by atoms with van der Waals surface area (Å²) in [6.45, 7) is 6.53. The predicted molar refractivity (Wildman–Crippen MR) is 128 cm³/mol. The molecule has 4 rings (SSSR count). The second kappa shape index (κ2) is 9.51. The lowest BCUT2D eigenvalue weighted by Gasteiger charge is -2.24. The van der Waals surface area contributed by atoms with E-state index in [1.54, 1.807) is 4.90 Å². The van der Waals surface area contributed by atoms with Crippen LogP contribution in [0.15, 0.2) is 60.8 Å². The molecule has 1 unspecified atom stereocenters. The first-order chi connectivity index (χ1) is 16.2. The van der Waals surface area contributed by atoms with Gasteiger partial charge in [-0.05, 0) is 63.6 Å². The zero-order chi connectivity index (χ0) is 24.3. The van der Waals surface area contributed by atoms with Gasteiger partial charge in [0.1, 0.15) is 22.9 Å². The number of aromatic nitrogens is 2. The Hall–Kier alpha value is -3.94. The average molecular weight is 461 g/mol. The fourth-order valence-electron chi connectivity index (χ4n) is 3.76. The third kappa shape index (κ3) is 5.51. The van der Waals surface area contributed by atoms with Crippen molar-refractivity contribution in [2.75, 3.05) is 13.1 Å². The lowest BCUT2D eigenvalue weighted by Crippen LogP contribution is -2.35. The summed E-state index contributed by atoms with van der Waals surface area (Å²) in [6, 6.07) is 16.8. The number of amides is 2. The summed E-state index contributed by atoms with van der Waals surface area (Å²) in [5.74, 6) is 1.29. The Bertz CT molecular complexity index is 1170. The van der Waals surface area contributed by atoms with Crippen LogP contribution in [0, 0.1) is 0 Å². The molecule has 1 aromatic heterocycles. The van der Waals surface area contributed by atoms with Gasteiger partial charge in [-0.3, -0.25) is 4.79 Å².